The van der Waals surface area contributed by atoms with Gasteiger partial charge in [0.15, 0.2) is 11.8 Å². The number of fused-ring (bicyclic) bond motifs is 1. The predicted octanol–water partition coefficient (Wildman–Crippen LogP) is 2.83. The molecule has 0 saturated heterocycles. The van der Waals surface area contributed by atoms with Gasteiger partial charge in [0.2, 0.25) is 0 Å². The summed E-state index contributed by atoms with van der Waals surface area (Å²) in [4.78, 5) is 4.14. The molecule has 1 aliphatic heterocycles. The van der Waals surface area contributed by atoms with Crippen molar-refractivity contribution in [2.24, 2.45) is 10.7 Å². The van der Waals surface area contributed by atoms with Gasteiger partial charge in [-0.1, -0.05) is 6.42 Å². The van der Waals surface area contributed by atoms with Crippen LogP contribution in [-0.4, -0.2) is 20.7 Å². The SMILES string of the molecule is I.NC(=NCc1nnc2n1CCCCC2)Nc1cc(F)ccc1F. The van der Waals surface area contributed by atoms with E-state index in [1.54, 1.807) is 0 Å². The van der Waals surface area contributed by atoms with Crippen LogP contribution in [0.3, 0.4) is 0 Å². The highest BCUT2D eigenvalue weighted by Crippen LogP contribution is 2.16. The zero-order valence-electron chi connectivity index (χ0n) is 13.0. The Morgan fingerprint density at radius 3 is 2.92 bits per heavy atom. The number of hydrogen-bond donors (Lipinski definition) is 2. The Hall–Kier alpha value is -1.78. The second-order valence-electron chi connectivity index (χ2n) is 5.45. The maximum absolute atomic E-state index is 13.5. The van der Waals surface area contributed by atoms with E-state index in [1.165, 1.54) is 6.42 Å². The minimum absolute atomic E-state index is 0. The highest BCUT2D eigenvalue weighted by atomic mass is 127. The number of anilines is 1. The van der Waals surface area contributed by atoms with Crippen LogP contribution in [0.4, 0.5) is 14.5 Å². The van der Waals surface area contributed by atoms with Crippen molar-refractivity contribution in [3.05, 3.63) is 41.5 Å². The van der Waals surface area contributed by atoms with Gasteiger partial charge < -0.3 is 15.6 Å². The molecule has 0 bridgehead atoms. The number of aromatic nitrogens is 3. The summed E-state index contributed by atoms with van der Waals surface area (Å²) in [5, 5.41) is 10.9. The molecule has 1 aliphatic rings. The average molecular weight is 448 g/mol. The number of rotatable bonds is 3. The molecule has 0 unspecified atom stereocenters. The lowest BCUT2D eigenvalue weighted by molar-refractivity contribution is 0.603. The summed E-state index contributed by atoms with van der Waals surface area (Å²) in [6.07, 6.45) is 4.29. The fraction of sp³-hybridized carbons (Fsp3) is 0.400. The first-order valence-corrected chi connectivity index (χ1v) is 7.56. The van der Waals surface area contributed by atoms with Gasteiger partial charge in [-0.3, -0.25) is 0 Å². The third-order valence-corrected chi connectivity index (χ3v) is 3.77. The van der Waals surface area contributed by atoms with E-state index < -0.39 is 11.6 Å². The number of aliphatic imine (C=N–C) groups is 1. The van der Waals surface area contributed by atoms with Crippen LogP contribution in [0.15, 0.2) is 23.2 Å². The summed E-state index contributed by atoms with van der Waals surface area (Å²) in [6, 6.07) is 3.10. The molecule has 6 nitrogen and oxygen atoms in total. The summed E-state index contributed by atoms with van der Waals surface area (Å²) >= 11 is 0. The molecule has 9 heteroatoms. The van der Waals surface area contributed by atoms with Gasteiger partial charge in [0.05, 0.1) is 5.69 Å². The van der Waals surface area contributed by atoms with Crippen LogP contribution in [-0.2, 0) is 19.5 Å². The van der Waals surface area contributed by atoms with Gasteiger partial charge in [0, 0.05) is 19.0 Å². The number of nitrogens with zero attached hydrogens (tertiary/aromatic N) is 4. The summed E-state index contributed by atoms with van der Waals surface area (Å²) < 4.78 is 28.7. The van der Waals surface area contributed by atoms with Gasteiger partial charge in [0.25, 0.3) is 0 Å². The molecular weight excluding hydrogens is 429 g/mol. The fourth-order valence-electron chi connectivity index (χ4n) is 2.59. The van der Waals surface area contributed by atoms with Crippen LogP contribution in [0.1, 0.15) is 30.9 Å². The first-order chi connectivity index (χ1) is 11.1. The van der Waals surface area contributed by atoms with E-state index in [0.717, 1.165) is 55.7 Å². The highest BCUT2D eigenvalue weighted by Gasteiger charge is 2.14. The second-order valence-corrected chi connectivity index (χ2v) is 5.45. The molecular formula is C15H19F2IN6. The number of halogens is 3. The summed E-state index contributed by atoms with van der Waals surface area (Å²) in [5.41, 5.74) is 5.69. The smallest absolute Gasteiger partial charge is 0.193 e. The van der Waals surface area contributed by atoms with E-state index >= 15 is 0 Å². The van der Waals surface area contributed by atoms with E-state index in [0.29, 0.717) is 0 Å². The molecule has 2 aromatic rings. The van der Waals surface area contributed by atoms with Crippen LogP contribution in [0.5, 0.6) is 0 Å². The number of benzene rings is 1. The average Bonchev–Trinajstić information content (AvgIpc) is 2.76. The molecule has 3 N–H and O–H groups in total. The Balaban J connectivity index is 0.00000208. The summed E-state index contributed by atoms with van der Waals surface area (Å²) in [7, 11) is 0. The van der Waals surface area contributed by atoms with Gasteiger partial charge in [-0.05, 0) is 25.0 Å². The second kappa shape index (κ2) is 8.36. The molecule has 2 heterocycles. The highest BCUT2D eigenvalue weighted by molar-refractivity contribution is 14.0. The molecule has 0 spiro atoms. The normalized spacial score (nSPS) is 14.5. The third kappa shape index (κ3) is 4.40. The van der Waals surface area contributed by atoms with Crippen LogP contribution >= 0.6 is 24.0 Å². The molecule has 0 fully saturated rings. The van der Waals surface area contributed by atoms with Crippen molar-refractivity contribution in [3.63, 3.8) is 0 Å². The molecule has 0 saturated carbocycles. The van der Waals surface area contributed by atoms with Crippen molar-refractivity contribution in [3.8, 4) is 0 Å². The van der Waals surface area contributed by atoms with Crippen molar-refractivity contribution >= 4 is 35.6 Å². The van der Waals surface area contributed by atoms with E-state index in [9.17, 15) is 8.78 Å². The van der Waals surface area contributed by atoms with E-state index in [-0.39, 0.29) is 42.2 Å². The standard InChI is InChI=1S/C15H18F2N6.HI/c16-10-5-6-11(17)12(8-10)20-15(18)19-9-14-22-21-13-4-2-1-3-7-23(13)14;/h5-6,8H,1-4,7,9H2,(H3,18,19,20);1H. The zero-order valence-corrected chi connectivity index (χ0v) is 15.3. The third-order valence-electron chi connectivity index (χ3n) is 3.77. The van der Waals surface area contributed by atoms with Crippen molar-refractivity contribution in [2.45, 2.75) is 38.8 Å². The summed E-state index contributed by atoms with van der Waals surface area (Å²) in [5.74, 6) is 0.549. The molecule has 1 aromatic carbocycles. The molecule has 24 heavy (non-hydrogen) atoms. The van der Waals surface area contributed by atoms with E-state index in [4.69, 9.17) is 5.73 Å². The number of nitrogens with two attached hydrogens (primary N) is 1. The topological polar surface area (TPSA) is 81.1 Å². The molecule has 0 amide bonds. The van der Waals surface area contributed by atoms with Crippen molar-refractivity contribution in [2.75, 3.05) is 5.32 Å². The van der Waals surface area contributed by atoms with Gasteiger partial charge in [0.1, 0.15) is 24.0 Å². The predicted molar refractivity (Wildman–Crippen MR) is 98.3 cm³/mol. The van der Waals surface area contributed by atoms with Gasteiger partial charge in [-0.25, -0.2) is 13.8 Å². The van der Waals surface area contributed by atoms with Crippen LogP contribution in [0.25, 0.3) is 0 Å². The maximum Gasteiger partial charge on any atom is 0.193 e. The van der Waals surface area contributed by atoms with Gasteiger partial charge in [-0.2, -0.15) is 0 Å². The molecule has 0 radical (unpaired) electrons. The minimum atomic E-state index is -0.596. The minimum Gasteiger partial charge on any atom is -0.370 e. The lowest BCUT2D eigenvalue weighted by Crippen LogP contribution is -2.23. The van der Waals surface area contributed by atoms with Crippen molar-refractivity contribution in [1.82, 2.24) is 14.8 Å². The molecule has 0 atom stereocenters. The van der Waals surface area contributed by atoms with Crippen molar-refractivity contribution in [1.29, 1.82) is 0 Å². The van der Waals surface area contributed by atoms with Crippen LogP contribution in [0, 0.1) is 11.6 Å². The van der Waals surface area contributed by atoms with Crippen molar-refractivity contribution < 1.29 is 8.78 Å². The quantitative estimate of drug-likeness (QED) is 0.430. The molecule has 0 aliphatic carbocycles. The number of aryl methyl sites for hydroxylation is 1. The van der Waals surface area contributed by atoms with E-state index in [1.807, 2.05) is 0 Å². The summed E-state index contributed by atoms with van der Waals surface area (Å²) in [6.45, 7) is 1.11. The lowest BCUT2D eigenvalue weighted by Gasteiger charge is -2.08. The molecule has 130 valence electrons. The molecule has 1 aromatic heterocycles. The van der Waals surface area contributed by atoms with E-state index in [2.05, 4.69) is 25.1 Å². The largest absolute Gasteiger partial charge is 0.370 e. The number of guanidine groups is 1. The van der Waals surface area contributed by atoms with Gasteiger partial charge in [-0.15, -0.1) is 34.2 Å². The zero-order chi connectivity index (χ0) is 16.2. The van der Waals surface area contributed by atoms with Gasteiger partial charge >= 0.3 is 0 Å². The Morgan fingerprint density at radius 1 is 1.25 bits per heavy atom. The Labute approximate surface area is 155 Å². The lowest BCUT2D eigenvalue weighted by atomic mass is 10.2. The van der Waals surface area contributed by atoms with Crippen LogP contribution < -0.4 is 11.1 Å². The Bertz CT molecular complexity index is 731. The maximum atomic E-state index is 13.5. The van der Waals surface area contributed by atoms with Crippen LogP contribution in [0.2, 0.25) is 0 Å². The monoisotopic (exact) mass is 448 g/mol. The number of hydrogen-bond acceptors (Lipinski definition) is 3. The number of nitrogens with one attached hydrogen (secondary N) is 1. The molecule has 3 rings (SSSR count). The first kappa shape index (κ1) is 18.6. The Morgan fingerprint density at radius 2 is 2.08 bits per heavy atom. The fourth-order valence-corrected chi connectivity index (χ4v) is 2.59. The Kier molecular flexibility index (Phi) is 6.46. The first-order valence-electron chi connectivity index (χ1n) is 7.56.